The second kappa shape index (κ2) is 5.48. The number of nitrogens with one attached hydrogen (secondary N) is 1. The van der Waals surface area contributed by atoms with Gasteiger partial charge in [-0.15, -0.1) is 0 Å². The van der Waals surface area contributed by atoms with Crippen molar-refractivity contribution in [3.63, 3.8) is 0 Å². The molecule has 3 unspecified atom stereocenters. The minimum Gasteiger partial charge on any atom is -0.311 e. The number of hydrogen-bond acceptors (Lipinski definition) is 3. The summed E-state index contributed by atoms with van der Waals surface area (Å²) in [6.45, 7) is 6.20. The molecule has 2 saturated heterocycles. The van der Waals surface area contributed by atoms with E-state index in [1.807, 2.05) is 0 Å². The molecule has 0 amide bonds. The zero-order chi connectivity index (χ0) is 12.5. The van der Waals surface area contributed by atoms with Gasteiger partial charge in [-0.3, -0.25) is 4.90 Å². The van der Waals surface area contributed by atoms with Crippen molar-refractivity contribution in [1.82, 2.24) is 15.1 Å². The first-order valence-electron chi connectivity index (χ1n) is 7.93. The van der Waals surface area contributed by atoms with Crippen LogP contribution in [0, 0.1) is 0 Å². The molecule has 3 nitrogen and oxygen atoms in total. The summed E-state index contributed by atoms with van der Waals surface area (Å²) in [7, 11) is 2.29. The Balaban J connectivity index is 1.43. The van der Waals surface area contributed by atoms with Crippen molar-refractivity contribution in [2.45, 2.75) is 69.6 Å². The molecule has 0 aromatic carbocycles. The van der Waals surface area contributed by atoms with Crippen molar-refractivity contribution in [3.05, 3.63) is 0 Å². The summed E-state index contributed by atoms with van der Waals surface area (Å²) in [6.07, 6.45) is 8.45. The van der Waals surface area contributed by atoms with Gasteiger partial charge in [0, 0.05) is 37.3 Å². The average Bonchev–Trinajstić information content (AvgIpc) is 3.13. The molecule has 3 rings (SSSR count). The molecular weight excluding hydrogens is 222 g/mol. The van der Waals surface area contributed by atoms with Gasteiger partial charge in [0.1, 0.15) is 0 Å². The van der Waals surface area contributed by atoms with Crippen LogP contribution >= 0.6 is 0 Å². The van der Waals surface area contributed by atoms with Gasteiger partial charge in [-0.25, -0.2) is 0 Å². The topological polar surface area (TPSA) is 18.5 Å². The lowest BCUT2D eigenvalue weighted by Gasteiger charge is -2.33. The Morgan fingerprint density at radius 1 is 1.17 bits per heavy atom. The van der Waals surface area contributed by atoms with Gasteiger partial charge in [-0.2, -0.15) is 0 Å². The zero-order valence-corrected chi connectivity index (χ0v) is 12.1. The molecule has 3 aliphatic rings. The molecule has 1 aliphatic carbocycles. The molecule has 1 saturated carbocycles. The fourth-order valence-electron chi connectivity index (χ4n) is 3.82. The van der Waals surface area contributed by atoms with Crippen molar-refractivity contribution in [2.75, 3.05) is 26.7 Å². The predicted molar refractivity (Wildman–Crippen MR) is 75.9 cm³/mol. The molecular formula is C15H29N3. The lowest BCUT2D eigenvalue weighted by Crippen LogP contribution is -2.46. The zero-order valence-electron chi connectivity index (χ0n) is 12.1. The Hall–Kier alpha value is -0.120. The molecule has 0 aromatic heterocycles. The molecule has 0 spiro atoms. The van der Waals surface area contributed by atoms with E-state index in [4.69, 9.17) is 0 Å². The number of rotatable bonds is 4. The van der Waals surface area contributed by atoms with Gasteiger partial charge >= 0.3 is 0 Å². The van der Waals surface area contributed by atoms with Crippen molar-refractivity contribution in [1.29, 1.82) is 0 Å². The van der Waals surface area contributed by atoms with E-state index in [1.165, 1.54) is 58.2 Å². The van der Waals surface area contributed by atoms with Gasteiger partial charge in [0.15, 0.2) is 0 Å². The standard InChI is InChI=1S/C15H29N3/c1-12-9-13(11-18(12)14-6-7-14)16-10-15-5-3-4-8-17(15)2/h12-16H,3-11H2,1-2H3. The quantitative estimate of drug-likeness (QED) is 0.820. The molecule has 104 valence electrons. The molecule has 3 atom stereocenters. The molecule has 18 heavy (non-hydrogen) atoms. The van der Waals surface area contributed by atoms with Gasteiger partial charge in [-0.05, 0) is 52.6 Å². The molecule has 3 heteroatoms. The van der Waals surface area contributed by atoms with E-state index < -0.39 is 0 Å². The first kappa shape index (κ1) is 12.9. The lowest BCUT2D eigenvalue weighted by atomic mass is 10.0. The van der Waals surface area contributed by atoms with E-state index in [1.54, 1.807) is 0 Å². The van der Waals surface area contributed by atoms with E-state index in [-0.39, 0.29) is 0 Å². The van der Waals surface area contributed by atoms with Crippen LogP contribution in [-0.2, 0) is 0 Å². The van der Waals surface area contributed by atoms with Crippen LogP contribution in [0.15, 0.2) is 0 Å². The fraction of sp³-hybridized carbons (Fsp3) is 1.00. The van der Waals surface area contributed by atoms with E-state index in [9.17, 15) is 0 Å². The summed E-state index contributed by atoms with van der Waals surface area (Å²) in [5.41, 5.74) is 0. The lowest BCUT2D eigenvalue weighted by molar-refractivity contribution is 0.177. The summed E-state index contributed by atoms with van der Waals surface area (Å²) in [6, 6.07) is 3.27. The van der Waals surface area contributed by atoms with Crippen molar-refractivity contribution in [3.8, 4) is 0 Å². The summed E-state index contributed by atoms with van der Waals surface area (Å²) in [4.78, 5) is 5.29. The smallest absolute Gasteiger partial charge is 0.0217 e. The van der Waals surface area contributed by atoms with Crippen LogP contribution in [0.25, 0.3) is 0 Å². The maximum absolute atomic E-state index is 3.84. The van der Waals surface area contributed by atoms with Gasteiger partial charge in [0.2, 0.25) is 0 Å². The Morgan fingerprint density at radius 3 is 2.72 bits per heavy atom. The number of likely N-dealkylation sites (tertiary alicyclic amines) is 2. The predicted octanol–water partition coefficient (Wildman–Crippen LogP) is 1.69. The third-order valence-electron chi connectivity index (χ3n) is 5.20. The van der Waals surface area contributed by atoms with Gasteiger partial charge in [0.25, 0.3) is 0 Å². The highest BCUT2D eigenvalue weighted by Crippen LogP contribution is 2.33. The van der Waals surface area contributed by atoms with E-state index >= 15 is 0 Å². The van der Waals surface area contributed by atoms with Crippen LogP contribution in [0.1, 0.15) is 45.4 Å². The highest BCUT2D eigenvalue weighted by Gasteiger charge is 2.38. The average molecular weight is 251 g/mol. The third kappa shape index (κ3) is 2.89. The Kier molecular flexibility index (Phi) is 3.92. The molecule has 0 aromatic rings. The minimum atomic E-state index is 0.746. The number of nitrogens with zero attached hydrogens (tertiary/aromatic N) is 2. The molecule has 2 heterocycles. The number of piperidine rings is 1. The Bertz CT molecular complexity index is 277. The van der Waals surface area contributed by atoms with Crippen LogP contribution in [0.2, 0.25) is 0 Å². The summed E-state index contributed by atoms with van der Waals surface area (Å²) < 4.78 is 0. The van der Waals surface area contributed by atoms with Crippen molar-refractivity contribution >= 4 is 0 Å². The molecule has 2 aliphatic heterocycles. The van der Waals surface area contributed by atoms with Crippen molar-refractivity contribution in [2.24, 2.45) is 0 Å². The van der Waals surface area contributed by atoms with E-state index in [2.05, 4.69) is 29.1 Å². The number of hydrogen-bond donors (Lipinski definition) is 1. The summed E-state index contributed by atoms with van der Waals surface area (Å²) in [5.74, 6) is 0. The first-order valence-corrected chi connectivity index (χ1v) is 7.93. The fourth-order valence-corrected chi connectivity index (χ4v) is 3.82. The SMILES string of the molecule is CC1CC(NCC2CCCCN2C)CN1C1CC1. The monoisotopic (exact) mass is 251 g/mol. The van der Waals surface area contributed by atoms with Gasteiger partial charge < -0.3 is 10.2 Å². The maximum Gasteiger partial charge on any atom is 0.0217 e. The first-order chi connectivity index (χ1) is 8.74. The highest BCUT2D eigenvalue weighted by atomic mass is 15.3. The number of likely N-dealkylation sites (N-methyl/N-ethyl adjacent to an activating group) is 1. The van der Waals surface area contributed by atoms with Crippen LogP contribution < -0.4 is 5.32 Å². The third-order valence-corrected chi connectivity index (χ3v) is 5.20. The minimum absolute atomic E-state index is 0.746. The molecule has 1 N–H and O–H groups in total. The Morgan fingerprint density at radius 2 is 2.00 bits per heavy atom. The molecule has 3 fully saturated rings. The normalized spacial score (nSPS) is 39.3. The summed E-state index contributed by atoms with van der Waals surface area (Å²) >= 11 is 0. The van der Waals surface area contributed by atoms with Crippen LogP contribution in [0.5, 0.6) is 0 Å². The van der Waals surface area contributed by atoms with E-state index in [0.29, 0.717) is 0 Å². The largest absolute Gasteiger partial charge is 0.311 e. The molecule has 0 radical (unpaired) electrons. The van der Waals surface area contributed by atoms with Crippen LogP contribution in [0.4, 0.5) is 0 Å². The second-order valence-corrected chi connectivity index (χ2v) is 6.75. The van der Waals surface area contributed by atoms with Crippen LogP contribution in [0.3, 0.4) is 0 Å². The van der Waals surface area contributed by atoms with E-state index in [0.717, 1.165) is 24.2 Å². The summed E-state index contributed by atoms with van der Waals surface area (Å²) in [5, 5.41) is 3.84. The highest BCUT2D eigenvalue weighted by molar-refractivity contribution is 4.96. The van der Waals surface area contributed by atoms with Crippen molar-refractivity contribution < 1.29 is 0 Å². The van der Waals surface area contributed by atoms with Gasteiger partial charge in [-0.1, -0.05) is 6.42 Å². The molecule has 0 bridgehead atoms. The maximum atomic E-state index is 3.84. The second-order valence-electron chi connectivity index (χ2n) is 6.75. The Labute approximate surface area is 112 Å². The van der Waals surface area contributed by atoms with Crippen LogP contribution in [-0.4, -0.2) is 60.6 Å². The van der Waals surface area contributed by atoms with Gasteiger partial charge in [0.05, 0.1) is 0 Å².